The highest BCUT2D eigenvalue weighted by Crippen LogP contribution is 2.19. The quantitative estimate of drug-likeness (QED) is 0.627. The van der Waals surface area contributed by atoms with Gasteiger partial charge in [-0.05, 0) is 29.3 Å². The summed E-state index contributed by atoms with van der Waals surface area (Å²) < 4.78 is 0. The van der Waals surface area contributed by atoms with E-state index in [2.05, 4.69) is 24.3 Å². The van der Waals surface area contributed by atoms with Crippen LogP contribution in [0.4, 0.5) is 0 Å². The molecular weight excluding hydrogens is 158 g/mol. The lowest BCUT2D eigenvalue weighted by atomic mass is 10.0. The predicted octanol–water partition coefficient (Wildman–Crippen LogP) is 3.18. The molecule has 0 saturated heterocycles. The van der Waals surface area contributed by atoms with E-state index in [4.69, 9.17) is 5.73 Å². The molecule has 0 aliphatic heterocycles. The van der Waals surface area contributed by atoms with E-state index in [0.29, 0.717) is 0 Å². The summed E-state index contributed by atoms with van der Waals surface area (Å²) in [5.41, 5.74) is 8.68. The van der Waals surface area contributed by atoms with Gasteiger partial charge in [-0.1, -0.05) is 36.4 Å². The fraction of sp³-hybridized carbons (Fsp3) is 0.167. The number of hydrogen-bond donors (Lipinski definition) is 0. The van der Waals surface area contributed by atoms with Gasteiger partial charge < -0.3 is 0 Å². The topological polar surface area (TPSA) is 23.8 Å². The van der Waals surface area contributed by atoms with Crippen molar-refractivity contribution in [3.63, 3.8) is 0 Å². The molecule has 1 N–H and O–H groups in total. The van der Waals surface area contributed by atoms with Crippen LogP contribution in [0.2, 0.25) is 0 Å². The minimum absolute atomic E-state index is 0.135. The van der Waals surface area contributed by atoms with Gasteiger partial charge in [0.05, 0.1) is 0 Å². The second-order valence-corrected chi connectivity index (χ2v) is 3.33. The summed E-state index contributed by atoms with van der Waals surface area (Å²) in [7, 11) is 0. The van der Waals surface area contributed by atoms with Crippen LogP contribution in [0.25, 0.3) is 10.8 Å². The maximum absolute atomic E-state index is 7.59. The first-order valence-corrected chi connectivity index (χ1v) is 4.47. The van der Waals surface area contributed by atoms with E-state index in [0.717, 1.165) is 5.56 Å². The second kappa shape index (κ2) is 3.19. The highest BCUT2D eigenvalue weighted by atomic mass is 14.6. The smallest absolute Gasteiger partial charge is 0.0434 e. The molecule has 0 fully saturated rings. The van der Waals surface area contributed by atoms with E-state index in [1.165, 1.54) is 10.8 Å². The molecule has 1 radical (unpaired) electrons. The average molecular weight is 170 g/mol. The third-order valence-corrected chi connectivity index (χ3v) is 2.27. The third-order valence-electron chi connectivity index (χ3n) is 2.27. The molecule has 65 valence electrons. The van der Waals surface area contributed by atoms with Gasteiger partial charge in [-0.2, -0.15) is 0 Å². The molecule has 1 nitrogen and oxygen atoms in total. The van der Waals surface area contributed by atoms with Crippen molar-refractivity contribution < 1.29 is 0 Å². The molecule has 0 heterocycles. The van der Waals surface area contributed by atoms with Crippen molar-refractivity contribution in [1.29, 1.82) is 0 Å². The van der Waals surface area contributed by atoms with Gasteiger partial charge in [0.2, 0.25) is 0 Å². The largest absolute Gasteiger partial charge is 0.250 e. The molecule has 2 aromatic carbocycles. The molecule has 2 aromatic rings. The molecule has 1 unspecified atom stereocenters. The van der Waals surface area contributed by atoms with E-state index in [1.54, 1.807) is 0 Å². The summed E-state index contributed by atoms with van der Waals surface area (Å²) in [5, 5.41) is 2.46. The van der Waals surface area contributed by atoms with Gasteiger partial charge in [-0.15, -0.1) is 0 Å². The van der Waals surface area contributed by atoms with Crippen LogP contribution in [0.1, 0.15) is 18.5 Å². The van der Waals surface area contributed by atoms with Crippen molar-refractivity contribution in [2.24, 2.45) is 0 Å². The Bertz CT molecular complexity index is 418. The predicted molar refractivity (Wildman–Crippen MR) is 55.5 cm³/mol. The van der Waals surface area contributed by atoms with Crippen LogP contribution in [-0.2, 0) is 0 Å². The van der Waals surface area contributed by atoms with Crippen LogP contribution in [0.15, 0.2) is 42.5 Å². The number of fused-ring (bicyclic) bond motifs is 1. The summed E-state index contributed by atoms with van der Waals surface area (Å²) in [5.74, 6) is 0. The Kier molecular flexibility index (Phi) is 2.03. The standard InChI is InChI=1S/C12H12N/c1-9(13)11-7-6-10-4-2-3-5-12(10)8-11/h2-9,13H,1H3. The molecule has 13 heavy (non-hydrogen) atoms. The zero-order valence-corrected chi connectivity index (χ0v) is 7.62. The van der Waals surface area contributed by atoms with Crippen LogP contribution in [0.3, 0.4) is 0 Å². The number of hydrogen-bond acceptors (Lipinski definition) is 0. The Labute approximate surface area is 78.2 Å². The van der Waals surface area contributed by atoms with Gasteiger partial charge in [-0.25, -0.2) is 0 Å². The highest BCUT2D eigenvalue weighted by molar-refractivity contribution is 5.83. The van der Waals surface area contributed by atoms with E-state index >= 15 is 0 Å². The van der Waals surface area contributed by atoms with Crippen LogP contribution in [0, 0.1) is 0 Å². The van der Waals surface area contributed by atoms with Crippen molar-refractivity contribution in [3.05, 3.63) is 48.0 Å². The molecule has 0 spiro atoms. The molecule has 0 aromatic heterocycles. The molecule has 1 atom stereocenters. The SMILES string of the molecule is CC([NH])c1ccc2ccccc2c1. The van der Waals surface area contributed by atoms with Gasteiger partial charge in [-0.3, -0.25) is 5.73 Å². The van der Waals surface area contributed by atoms with Crippen molar-refractivity contribution in [3.8, 4) is 0 Å². The molecule has 0 aliphatic carbocycles. The number of benzene rings is 2. The summed E-state index contributed by atoms with van der Waals surface area (Å²) in [4.78, 5) is 0. The summed E-state index contributed by atoms with van der Waals surface area (Å²) in [6, 6.07) is 14.3. The Morgan fingerprint density at radius 2 is 1.69 bits per heavy atom. The summed E-state index contributed by atoms with van der Waals surface area (Å²) in [6.45, 7) is 1.89. The minimum atomic E-state index is -0.135. The lowest BCUT2D eigenvalue weighted by molar-refractivity contribution is 0.789. The van der Waals surface area contributed by atoms with Crippen molar-refractivity contribution in [1.82, 2.24) is 5.73 Å². The van der Waals surface area contributed by atoms with E-state index in [9.17, 15) is 0 Å². The van der Waals surface area contributed by atoms with E-state index < -0.39 is 0 Å². The van der Waals surface area contributed by atoms with Crippen molar-refractivity contribution in [2.75, 3.05) is 0 Å². The molecule has 1 heteroatoms. The first-order chi connectivity index (χ1) is 6.27. The van der Waals surface area contributed by atoms with Gasteiger partial charge in [0, 0.05) is 6.04 Å². The average Bonchev–Trinajstić information content (AvgIpc) is 2.17. The van der Waals surface area contributed by atoms with Crippen molar-refractivity contribution in [2.45, 2.75) is 13.0 Å². The molecule has 0 amide bonds. The molecule has 0 saturated carbocycles. The maximum atomic E-state index is 7.59. The van der Waals surface area contributed by atoms with Gasteiger partial charge in [0.15, 0.2) is 0 Å². The summed E-state index contributed by atoms with van der Waals surface area (Å²) in [6.07, 6.45) is 0. The first kappa shape index (κ1) is 8.27. The Morgan fingerprint density at radius 3 is 2.38 bits per heavy atom. The Morgan fingerprint density at radius 1 is 1.00 bits per heavy atom. The number of rotatable bonds is 1. The molecule has 2 rings (SSSR count). The van der Waals surface area contributed by atoms with Crippen LogP contribution >= 0.6 is 0 Å². The second-order valence-electron chi connectivity index (χ2n) is 3.33. The van der Waals surface area contributed by atoms with Gasteiger partial charge in [0.25, 0.3) is 0 Å². The first-order valence-electron chi connectivity index (χ1n) is 4.47. The fourth-order valence-corrected chi connectivity index (χ4v) is 1.48. The highest BCUT2D eigenvalue weighted by Gasteiger charge is 1.99. The van der Waals surface area contributed by atoms with Gasteiger partial charge >= 0.3 is 0 Å². The van der Waals surface area contributed by atoms with E-state index in [-0.39, 0.29) is 6.04 Å². The summed E-state index contributed by atoms with van der Waals surface area (Å²) >= 11 is 0. The lowest BCUT2D eigenvalue weighted by Gasteiger charge is -2.05. The lowest BCUT2D eigenvalue weighted by Crippen LogP contribution is -1.92. The molecular formula is C12H12N. The van der Waals surface area contributed by atoms with Crippen LogP contribution in [0.5, 0.6) is 0 Å². The monoisotopic (exact) mass is 170 g/mol. The van der Waals surface area contributed by atoms with Crippen molar-refractivity contribution >= 4 is 10.8 Å². The Balaban J connectivity index is 2.62. The minimum Gasteiger partial charge on any atom is -0.250 e. The van der Waals surface area contributed by atoms with Crippen LogP contribution < -0.4 is 5.73 Å². The zero-order valence-electron chi connectivity index (χ0n) is 7.62. The maximum Gasteiger partial charge on any atom is 0.0434 e. The number of nitrogens with one attached hydrogen (secondary N) is 1. The normalized spacial score (nSPS) is 13.1. The Hall–Kier alpha value is -1.34. The van der Waals surface area contributed by atoms with Gasteiger partial charge in [0.1, 0.15) is 0 Å². The van der Waals surface area contributed by atoms with E-state index in [1.807, 2.05) is 25.1 Å². The fourth-order valence-electron chi connectivity index (χ4n) is 1.48. The molecule has 0 bridgehead atoms. The van der Waals surface area contributed by atoms with Crippen LogP contribution in [-0.4, -0.2) is 0 Å². The third kappa shape index (κ3) is 1.56. The molecule has 0 aliphatic rings. The zero-order chi connectivity index (χ0) is 9.26.